The van der Waals surface area contributed by atoms with Gasteiger partial charge in [-0.1, -0.05) is 23.6 Å². The smallest absolute Gasteiger partial charge is 0.337 e. The molecule has 1 saturated carbocycles. The number of hydrogen-bond acceptors (Lipinski definition) is 5. The number of carbonyl (C=O) groups is 1. The largest absolute Gasteiger partial charge is 0.491 e. The Hall–Kier alpha value is -2.68. The molecule has 1 aliphatic carbocycles. The minimum Gasteiger partial charge on any atom is -0.491 e. The number of anilines is 1. The van der Waals surface area contributed by atoms with Crippen molar-refractivity contribution in [2.75, 3.05) is 25.2 Å². The Morgan fingerprint density at radius 1 is 1.24 bits per heavy atom. The number of carbonyl (C=O) groups excluding carboxylic acids is 1. The van der Waals surface area contributed by atoms with Crippen LogP contribution in [-0.2, 0) is 17.7 Å². The molecule has 1 heterocycles. The molecule has 2 aliphatic rings. The third-order valence-electron chi connectivity index (χ3n) is 6.98. The predicted octanol–water partition coefficient (Wildman–Crippen LogP) is 5.26. The van der Waals surface area contributed by atoms with E-state index in [2.05, 4.69) is 28.9 Å². The fraction of sp³-hybridized carbons (Fsp3) is 0.464. The van der Waals surface area contributed by atoms with Crippen LogP contribution in [0.4, 0.5) is 5.69 Å². The Labute approximate surface area is 207 Å². The van der Waals surface area contributed by atoms with Gasteiger partial charge in [-0.05, 0) is 86.4 Å². The number of halogens is 1. The molecule has 4 rings (SSSR count). The summed E-state index contributed by atoms with van der Waals surface area (Å²) in [6.07, 6.45) is 4.26. The van der Waals surface area contributed by atoms with Crippen molar-refractivity contribution in [3.63, 3.8) is 0 Å². The van der Waals surface area contributed by atoms with Crippen LogP contribution in [0.3, 0.4) is 0 Å². The second-order valence-corrected chi connectivity index (χ2v) is 9.55. The van der Waals surface area contributed by atoms with Crippen LogP contribution < -0.4 is 9.64 Å². The zero-order valence-corrected chi connectivity index (χ0v) is 20.6. The van der Waals surface area contributed by atoms with Crippen molar-refractivity contribution in [1.29, 1.82) is 0 Å². The third kappa shape index (κ3) is 5.51. The van der Waals surface area contributed by atoms with Gasteiger partial charge in [-0.25, -0.2) is 4.79 Å². The van der Waals surface area contributed by atoms with Gasteiger partial charge in [-0.2, -0.15) is 0 Å². The number of aryl methyl sites for hydroxylation is 1. The highest BCUT2D eigenvalue weighted by Gasteiger charge is 2.37. The minimum absolute atomic E-state index is 0.142. The van der Waals surface area contributed by atoms with Gasteiger partial charge in [0.25, 0.3) is 0 Å². The molecule has 34 heavy (non-hydrogen) atoms. The minimum atomic E-state index is -0.615. The van der Waals surface area contributed by atoms with E-state index in [-0.39, 0.29) is 11.9 Å². The molecule has 0 saturated heterocycles. The molecule has 0 spiro atoms. The summed E-state index contributed by atoms with van der Waals surface area (Å²) in [4.78, 5) is 14.6. The highest BCUT2D eigenvalue weighted by molar-refractivity contribution is 6.30. The van der Waals surface area contributed by atoms with Gasteiger partial charge in [0.05, 0.1) is 25.0 Å². The van der Waals surface area contributed by atoms with Gasteiger partial charge in [0.15, 0.2) is 0 Å². The topological polar surface area (TPSA) is 59.0 Å². The number of rotatable bonds is 4. The van der Waals surface area contributed by atoms with Crippen LogP contribution in [0.1, 0.15) is 54.1 Å². The Morgan fingerprint density at radius 2 is 2.09 bits per heavy atom. The van der Waals surface area contributed by atoms with Crippen LogP contribution in [0, 0.1) is 23.7 Å². The number of aliphatic hydroxyl groups excluding tert-OH is 1. The number of aliphatic hydroxyl groups is 1. The summed E-state index contributed by atoms with van der Waals surface area (Å²) in [7, 11) is 1.39. The van der Waals surface area contributed by atoms with E-state index in [4.69, 9.17) is 21.1 Å². The monoisotopic (exact) mass is 481 g/mol. The van der Waals surface area contributed by atoms with Crippen LogP contribution in [0.2, 0.25) is 5.02 Å². The Kier molecular flexibility index (Phi) is 8.03. The number of methoxy groups -OCH3 is 1. The van der Waals surface area contributed by atoms with Gasteiger partial charge in [0, 0.05) is 24.0 Å². The first kappa shape index (κ1) is 24.4. The van der Waals surface area contributed by atoms with Crippen molar-refractivity contribution >= 4 is 23.3 Å². The zero-order chi connectivity index (χ0) is 24.1. The van der Waals surface area contributed by atoms with Gasteiger partial charge in [0.2, 0.25) is 0 Å². The van der Waals surface area contributed by atoms with E-state index in [1.54, 1.807) is 13.0 Å². The second kappa shape index (κ2) is 11.2. The van der Waals surface area contributed by atoms with Crippen LogP contribution >= 0.6 is 11.6 Å². The van der Waals surface area contributed by atoms with Gasteiger partial charge < -0.3 is 19.5 Å². The zero-order valence-electron chi connectivity index (χ0n) is 19.9. The Bertz CT molecular complexity index is 1090. The first-order valence-corrected chi connectivity index (χ1v) is 12.4. The van der Waals surface area contributed by atoms with Gasteiger partial charge in [-0.3, -0.25) is 0 Å². The van der Waals surface area contributed by atoms with Crippen LogP contribution in [0.15, 0.2) is 36.4 Å². The summed E-state index contributed by atoms with van der Waals surface area (Å²) in [6.45, 7) is 3.75. The van der Waals surface area contributed by atoms with Crippen LogP contribution in [-0.4, -0.2) is 37.4 Å². The lowest BCUT2D eigenvalue weighted by Gasteiger charge is -2.42. The van der Waals surface area contributed by atoms with Gasteiger partial charge in [-0.15, -0.1) is 5.92 Å². The summed E-state index contributed by atoms with van der Waals surface area (Å²) in [5.74, 6) is 6.59. The van der Waals surface area contributed by atoms with E-state index >= 15 is 0 Å². The van der Waals surface area contributed by atoms with Crippen molar-refractivity contribution < 1.29 is 19.4 Å². The van der Waals surface area contributed by atoms with E-state index < -0.39 is 6.10 Å². The molecular weight excluding hydrogens is 450 g/mol. The standard InChI is InChI=1S/C28H32ClNO4/c1-3-6-26(31)24-12-9-22(24)18-30-17-21-8-11-23(29)15-19(21)7-4-5-14-34-27-13-10-20(16-25(27)30)28(32)33-2/h8,10-11,13,15-16,22,24,26,31H,4-5,7,9,12,14,17-18H2,1-2H3/t22-,24+,26-/m0/s1. The van der Waals surface area contributed by atoms with Crippen molar-refractivity contribution in [3.8, 4) is 17.6 Å². The second-order valence-electron chi connectivity index (χ2n) is 9.11. The lowest BCUT2D eigenvalue weighted by molar-refractivity contribution is 0.0520. The molecule has 1 aliphatic heterocycles. The average molecular weight is 482 g/mol. The van der Waals surface area contributed by atoms with E-state index in [1.165, 1.54) is 18.2 Å². The van der Waals surface area contributed by atoms with Gasteiger partial charge >= 0.3 is 5.97 Å². The number of hydrogen-bond donors (Lipinski definition) is 1. The molecule has 0 radical (unpaired) electrons. The van der Waals surface area contributed by atoms with Crippen molar-refractivity contribution in [3.05, 3.63) is 58.1 Å². The first-order chi connectivity index (χ1) is 16.5. The molecule has 0 bridgehead atoms. The molecule has 1 N–H and O–H groups in total. The number of benzene rings is 2. The Morgan fingerprint density at radius 3 is 2.82 bits per heavy atom. The van der Waals surface area contributed by atoms with E-state index in [9.17, 15) is 9.90 Å². The molecule has 6 heteroatoms. The van der Waals surface area contributed by atoms with Crippen LogP contribution in [0.5, 0.6) is 5.75 Å². The average Bonchev–Trinajstić information content (AvgIpc) is 2.84. The summed E-state index contributed by atoms with van der Waals surface area (Å²) < 4.78 is 11.2. The molecule has 3 atom stereocenters. The fourth-order valence-corrected chi connectivity index (χ4v) is 5.14. The molecular formula is C28H32ClNO4. The lowest BCUT2D eigenvalue weighted by Crippen LogP contribution is -2.43. The molecule has 2 aromatic rings. The molecule has 0 amide bonds. The molecule has 0 unspecified atom stereocenters. The first-order valence-electron chi connectivity index (χ1n) is 12.0. The summed E-state index contributed by atoms with van der Waals surface area (Å²) in [6, 6.07) is 11.6. The van der Waals surface area contributed by atoms with Crippen molar-refractivity contribution in [2.45, 2.75) is 51.7 Å². The fourth-order valence-electron chi connectivity index (χ4n) is 4.94. The van der Waals surface area contributed by atoms with Crippen molar-refractivity contribution in [1.82, 2.24) is 0 Å². The molecule has 180 valence electrons. The maximum Gasteiger partial charge on any atom is 0.337 e. The molecule has 1 fully saturated rings. The SMILES string of the molecule is CC#C[C@H](O)[C@@H]1CC[C@H]1CN1Cc2ccc(Cl)cc2CCCCOc2ccc(C(=O)OC)cc21. The quantitative estimate of drug-likeness (QED) is 0.477. The number of esters is 1. The molecule has 0 aromatic heterocycles. The number of nitrogens with zero attached hydrogens (tertiary/aromatic N) is 1. The summed E-state index contributed by atoms with van der Waals surface area (Å²) in [5.41, 5.74) is 3.81. The Balaban J connectivity index is 1.74. The maximum absolute atomic E-state index is 12.3. The van der Waals surface area contributed by atoms with Crippen molar-refractivity contribution in [2.24, 2.45) is 11.8 Å². The number of fused-ring (bicyclic) bond motifs is 2. The van der Waals surface area contributed by atoms with E-state index in [0.717, 1.165) is 55.1 Å². The van der Waals surface area contributed by atoms with E-state index in [1.807, 2.05) is 18.2 Å². The highest BCUT2D eigenvalue weighted by atomic mass is 35.5. The normalized spacial score (nSPS) is 20.8. The molecule has 5 nitrogen and oxygen atoms in total. The van der Waals surface area contributed by atoms with E-state index in [0.29, 0.717) is 24.6 Å². The molecule has 2 aromatic carbocycles. The summed E-state index contributed by atoms with van der Waals surface area (Å²) >= 11 is 6.33. The maximum atomic E-state index is 12.3. The predicted molar refractivity (Wildman–Crippen MR) is 134 cm³/mol. The highest BCUT2D eigenvalue weighted by Crippen LogP contribution is 2.40. The number of ether oxygens (including phenoxy) is 2. The van der Waals surface area contributed by atoms with Crippen LogP contribution in [0.25, 0.3) is 0 Å². The summed E-state index contributed by atoms with van der Waals surface area (Å²) in [5, 5.41) is 11.3. The third-order valence-corrected chi connectivity index (χ3v) is 7.21. The van der Waals surface area contributed by atoms with Gasteiger partial charge in [0.1, 0.15) is 11.9 Å². The lowest BCUT2D eigenvalue weighted by atomic mass is 9.70.